The Morgan fingerprint density at radius 1 is 0.556 bits per heavy atom. The molecule has 0 unspecified atom stereocenters. The van der Waals surface area contributed by atoms with Gasteiger partial charge in [-0.25, -0.2) is 0 Å². The highest BCUT2D eigenvalue weighted by Crippen LogP contribution is 2.30. The molecule has 0 saturated carbocycles. The third kappa shape index (κ3) is 12.1. The quantitative estimate of drug-likeness (QED) is 0.172. The second-order valence-electron chi connectivity index (χ2n) is 8.10. The number of hydrogen-bond acceptors (Lipinski definition) is 2. The SMILES string of the molecule is CCCCCCCCCCCCCCCCCCC(CC)(C(=O)O)C(=O)O. The van der Waals surface area contributed by atoms with Crippen LogP contribution in [0.2, 0.25) is 0 Å². The Kier molecular flexibility index (Phi) is 16.4. The van der Waals surface area contributed by atoms with E-state index in [1.165, 1.54) is 83.5 Å². The van der Waals surface area contributed by atoms with Gasteiger partial charge in [0.1, 0.15) is 0 Å². The molecule has 0 amide bonds. The smallest absolute Gasteiger partial charge is 0.321 e. The Hall–Kier alpha value is -1.06. The van der Waals surface area contributed by atoms with Crippen molar-refractivity contribution in [3.8, 4) is 0 Å². The van der Waals surface area contributed by atoms with Crippen LogP contribution in [0.25, 0.3) is 0 Å². The van der Waals surface area contributed by atoms with Gasteiger partial charge in [-0.3, -0.25) is 9.59 Å². The first-order chi connectivity index (χ1) is 13.0. The van der Waals surface area contributed by atoms with Gasteiger partial charge in [-0.2, -0.15) is 0 Å². The minimum absolute atomic E-state index is 0.149. The maximum absolute atomic E-state index is 11.3. The molecule has 0 aromatic carbocycles. The molecule has 160 valence electrons. The molecule has 0 aliphatic rings. The summed E-state index contributed by atoms with van der Waals surface area (Å²) in [6, 6.07) is 0. The maximum atomic E-state index is 11.3. The first-order valence-corrected chi connectivity index (χ1v) is 11.5. The molecule has 0 atom stereocenters. The lowest BCUT2D eigenvalue weighted by Crippen LogP contribution is -2.38. The van der Waals surface area contributed by atoms with Gasteiger partial charge in [0.2, 0.25) is 0 Å². The van der Waals surface area contributed by atoms with Crippen molar-refractivity contribution in [1.82, 2.24) is 0 Å². The van der Waals surface area contributed by atoms with Crippen LogP contribution >= 0.6 is 0 Å². The largest absolute Gasteiger partial charge is 0.480 e. The van der Waals surface area contributed by atoms with Crippen LogP contribution in [0.5, 0.6) is 0 Å². The molecule has 0 fully saturated rings. The number of carboxylic acid groups (broad SMARTS) is 2. The zero-order valence-corrected chi connectivity index (χ0v) is 17.9. The summed E-state index contributed by atoms with van der Waals surface area (Å²) < 4.78 is 0. The zero-order valence-electron chi connectivity index (χ0n) is 17.9. The molecule has 0 spiro atoms. The van der Waals surface area contributed by atoms with Crippen LogP contribution in [-0.4, -0.2) is 22.2 Å². The van der Waals surface area contributed by atoms with Crippen molar-refractivity contribution in [3.05, 3.63) is 0 Å². The summed E-state index contributed by atoms with van der Waals surface area (Å²) in [7, 11) is 0. The molecule has 0 aliphatic heterocycles. The average molecular weight is 385 g/mol. The Balaban J connectivity index is 3.45. The van der Waals surface area contributed by atoms with Gasteiger partial charge in [-0.05, 0) is 12.8 Å². The van der Waals surface area contributed by atoms with Gasteiger partial charge < -0.3 is 10.2 Å². The van der Waals surface area contributed by atoms with Crippen molar-refractivity contribution < 1.29 is 19.8 Å². The van der Waals surface area contributed by atoms with Crippen LogP contribution in [0.15, 0.2) is 0 Å². The molecule has 27 heavy (non-hydrogen) atoms. The van der Waals surface area contributed by atoms with Gasteiger partial charge in [-0.15, -0.1) is 0 Å². The van der Waals surface area contributed by atoms with Crippen molar-refractivity contribution in [2.45, 2.75) is 129 Å². The van der Waals surface area contributed by atoms with Crippen LogP contribution in [0, 0.1) is 5.41 Å². The first kappa shape index (κ1) is 25.9. The Bertz CT molecular complexity index is 365. The third-order valence-electron chi connectivity index (χ3n) is 5.88. The van der Waals surface area contributed by atoms with Crippen molar-refractivity contribution in [3.63, 3.8) is 0 Å². The van der Waals surface area contributed by atoms with E-state index in [4.69, 9.17) is 0 Å². The Morgan fingerprint density at radius 3 is 1.11 bits per heavy atom. The normalized spacial score (nSPS) is 11.6. The molecule has 0 heterocycles. The zero-order chi connectivity index (χ0) is 20.4. The fourth-order valence-corrected chi connectivity index (χ4v) is 3.76. The summed E-state index contributed by atoms with van der Waals surface area (Å²) in [6.07, 6.45) is 20.6. The van der Waals surface area contributed by atoms with Gasteiger partial charge in [0.25, 0.3) is 0 Å². The molecule has 0 aliphatic carbocycles. The number of aliphatic carboxylic acids is 2. The predicted molar refractivity (Wildman–Crippen MR) is 112 cm³/mol. The van der Waals surface area contributed by atoms with Gasteiger partial charge in [0.15, 0.2) is 5.41 Å². The fraction of sp³-hybridized carbons (Fsp3) is 0.913. The molecule has 4 heteroatoms. The predicted octanol–water partition coefficient (Wildman–Crippen LogP) is 7.20. The lowest BCUT2D eigenvalue weighted by Gasteiger charge is -2.22. The number of carboxylic acids is 2. The standard InChI is InChI=1S/C23H44O4/c1-3-5-6-7-8-9-10-11-12-13-14-15-16-17-18-19-20-23(4-2,21(24)25)22(26)27/h3-20H2,1-2H3,(H,24,25)(H,26,27). The van der Waals surface area contributed by atoms with E-state index in [0.29, 0.717) is 6.42 Å². The van der Waals surface area contributed by atoms with Crippen molar-refractivity contribution in [2.24, 2.45) is 5.41 Å². The first-order valence-electron chi connectivity index (χ1n) is 11.5. The summed E-state index contributed by atoms with van der Waals surface area (Å²) >= 11 is 0. The van der Waals surface area contributed by atoms with E-state index in [0.717, 1.165) is 12.8 Å². The number of carbonyl (C=O) groups is 2. The Labute approximate surface area is 167 Å². The molecule has 2 N–H and O–H groups in total. The molecular weight excluding hydrogens is 340 g/mol. The van der Waals surface area contributed by atoms with E-state index in [2.05, 4.69) is 6.92 Å². The van der Waals surface area contributed by atoms with Crippen LogP contribution in [0.1, 0.15) is 129 Å². The molecule has 0 saturated heterocycles. The van der Waals surface area contributed by atoms with Crippen molar-refractivity contribution in [1.29, 1.82) is 0 Å². The number of unbranched alkanes of at least 4 members (excludes halogenated alkanes) is 15. The van der Waals surface area contributed by atoms with Gasteiger partial charge in [-0.1, -0.05) is 117 Å². The van der Waals surface area contributed by atoms with Gasteiger partial charge in [0.05, 0.1) is 0 Å². The molecule has 0 rings (SSSR count). The number of hydrogen-bond donors (Lipinski definition) is 2. The summed E-state index contributed by atoms with van der Waals surface area (Å²) in [4.78, 5) is 22.6. The van der Waals surface area contributed by atoms with Crippen LogP contribution in [-0.2, 0) is 9.59 Å². The van der Waals surface area contributed by atoms with E-state index in [-0.39, 0.29) is 12.8 Å². The van der Waals surface area contributed by atoms with Crippen LogP contribution in [0.3, 0.4) is 0 Å². The van der Waals surface area contributed by atoms with E-state index >= 15 is 0 Å². The molecule has 4 nitrogen and oxygen atoms in total. The topological polar surface area (TPSA) is 74.6 Å². The van der Waals surface area contributed by atoms with E-state index < -0.39 is 17.4 Å². The highest BCUT2D eigenvalue weighted by Gasteiger charge is 2.44. The van der Waals surface area contributed by atoms with Crippen LogP contribution in [0.4, 0.5) is 0 Å². The summed E-state index contributed by atoms with van der Waals surface area (Å²) in [6.45, 7) is 3.91. The lowest BCUT2D eigenvalue weighted by atomic mass is 9.80. The second kappa shape index (κ2) is 17.1. The van der Waals surface area contributed by atoms with E-state index in [1.54, 1.807) is 6.92 Å². The van der Waals surface area contributed by atoms with Crippen molar-refractivity contribution >= 4 is 11.9 Å². The highest BCUT2D eigenvalue weighted by molar-refractivity contribution is 5.98. The molecule has 0 bridgehead atoms. The Morgan fingerprint density at radius 2 is 0.852 bits per heavy atom. The number of rotatable bonds is 20. The highest BCUT2D eigenvalue weighted by atomic mass is 16.4. The van der Waals surface area contributed by atoms with Gasteiger partial charge in [0, 0.05) is 0 Å². The minimum Gasteiger partial charge on any atom is -0.480 e. The summed E-state index contributed by atoms with van der Waals surface area (Å²) in [5, 5.41) is 18.5. The lowest BCUT2D eigenvalue weighted by molar-refractivity contribution is -0.165. The van der Waals surface area contributed by atoms with E-state index in [1.807, 2.05) is 0 Å². The monoisotopic (exact) mass is 384 g/mol. The third-order valence-corrected chi connectivity index (χ3v) is 5.88. The maximum Gasteiger partial charge on any atom is 0.321 e. The summed E-state index contributed by atoms with van der Waals surface area (Å²) in [5.74, 6) is -2.39. The second-order valence-corrected chi connectivity index (χ2v) is 8.10. The molecule has 0 radical (unpaired) electrons. The molecule has 0 aromatic heterocycles. The fourth-order valence-electron chi connectivity index (χ4n) is 3.76. The average Bonchev–Trinajstić information content (AvgIpc) is 2.64. The van der Waals surface area contributed by atoms with Crippen molar-refractivity contribution in [2.75, 3.05) is 0 Å². The van der Waals surface area contributed by atoms with Crippen LogP contribution < -0.4 is 0 Å². The van der Waals surface area contributed by atoms with Gasteiger partial charge >= 0.3 is 11.9 Å². The molecular formula is C23H44O4. The summed E-state index contributed by atoms with van der Waals surface area (Å²) in [5.41, 5.74) is -1.59. The van der Waals surface area contributed by atoms with E-state index in [9.17, 15) is 19.8 Å². The minimum atomic E-state index is -1.59. The molecule has 0 aromatic rings.